The molecule has 2 N–H and O–H groups in total. The molecule has 0 amide bonds. The van der Waals surface area contributed by atoms with E-state index in [4.69, 9.17) is 11.0 Å². The Labute approximate surface area is 60.7 Å². The molecular formula is C7H11N3. The van der Waals surface area contributed by atoms with E-state index in [1.54, 1.807) is 23.9 Å². The normalized spacial score (nSPS) is 8.00. The van der Waals surface area contributed by atoms with E-state index in [2.05, 4.69) is 0 Å². The third-order valence-corrected chi connectivity index (χ3v) is 1.21. The Hall–Kier alpha value is -1.43. The first kappa shape index (κ1) is 8.57. The van der Waals surface area contributed by atoms with E-state index in [1.165, 1.54) is 0 Å². The molecule has 0 radical (unpaired) electrons. The monoisotopic (exact) mass is 137 g/mol. The van der Waals surface area contributed by atoms with Crippen molar-refractivity contribution < 1.29 is 0 Å². The number of hydrogen-bond acceptors (Lipinski definition) is 2. The zero-order valence-corrected chi connectivity index (χ0v) is 5.13. The summed E-state index contributed by atoms with van der Waals surface area (Å²) >= 11 is 0. The van der Waals surface area contributed by atoms with Crippen molar-refractivity contribution in [3.8, 4) is 6.07 Å². The van der Waals surface area contributed by atoms with Gasteiger partial charge in [-0.2, -0.15) is 5.26 Å². The van der Waals surface area contributed by atoms with Crippen molar-refractivity contribution in [2.45, 2.75) is 7.43 Å². The zero-order valence-electron chi connectivity index (χ0n) is 5.13. The molecule has 1 heterocycles. The van der Waals surface area contributed by atoms with Gasteiger partial charge in [-0.3, -0.25) is 0 Å². The molecule has 0 aliphatic heterocycles. The molecule has 1 aromatic rings. The fourth-order valence-electron chi connectivity index (χ4n) is 0.693. The van der Waals surface area contributed by atoms with Gasteiger partial charge in [0.05, 0.1) is 5.69 Å². The molecule has 3 nitrogen and oxygen atoms in total. The number of hydrogen-bond donors (Lipinski definition) is 1. The molecule has 1 rings (SSSR count). The lowest BCUT2D eigenvalue weighted by atomic mass is 10.4. The van der Waals surface area contributed by atoms with Crippen LogP contribution < -0.4 is 5.73 Å². The summed E-state index contributed by atoms with van der Waals surface area (Å²) in [6.07, 6.45) is 1.76. The quantitative estimate of drug-likeness (QED) is 0.582. The summed E-state index contributed by atoms with van der Waals surface area (Å²) in [6, 6.07) is 3.69. The maximum Gasteiger partial charge on any atom is 0.143 e. The fourth-order valence-corrected chi connectivity index (χ4v) is 0.693. The van der Waals surface area contributed by atoms with Gasteiger partial charge in [-0.25, -0.2) is 0 Å². The van der Waals surface area contributed by atoms with E-state index in [-0.39, 0.29) is 7.43 Å². The number of nitrogens with zero attached hydrogens (tertiary/aromatic N) is 2. The summed E-state index contributed by atoms with van der Waals surface area (Å²) in [5.74, 6) is 0. The van der Waals surface area contributed by atoms with Crippen LogP contribution in [0, 0.1) is 11.3 Å². The molecule has 0 aromatic carbocycles. The van der Waals surface area contributed by atoms with Crippen LogP contribution in [0.5, 0.6) is 0 Å². The lowest BCUT2D eigenvalue weighted by Gasteiger charge is -1.90. The van der Waals surface area contributed by atoms with Crippen molar-refractivity contribution in [1.82, 2.24) is 4.57 Å². The summed E-state index contributed by atoms with van der Waals surface area (Å²) in [5, 5.41) is 8.44. The topological polar surface area (TPSA) is 54.7 Å². The highest BCUT2D eigenvalue weighted by Gasteiger charge is 1.98. The van der Waals surface area contributed by atoms with Crippen LogP contribution in [0.15, 0.2) is 12.3 Å². The van der Waals surface area contributed by atoms with Crippen LogP contribution >= 0.6 is 0 Å². The van der Waals surface area contributed by atoms with Gasteiger partial charge < -0.3 is 10.3 Å². The standard InChI is InChI=1S/C6H7N3.CH4/c1-9-3-2-5(8)6(9)4-7;/h2-3H,8H2,1H3;1H4. The van der Waals surface area contributed by atoms with E-state index in [0.29, 0.717) is 11.4 Å². The SMILES string of the molecule is C.Cn1ccc(N)c1C#N. The minimum atomic E-state index is 0. The van der Waals surface area contributed by atoms with E-state index in [9.17, 15) is 0 Å². The molecule has 0 unspecified atom stereocenters. The van der Waals surface area contributed by atoms with Gasteiger partial charge >= 0.3 is 0 Å². The third-order valence-electron chi connectivity index (χ3n) is 1.21. The molecule has 0 aliphatic carbocycles. The van der Waals surface area contributed by atoms with Crippen molar-refractivity contribution in [3.05, 3.63) is 18.0 Å². The Morgan fingerprint density at radius 3 is 2.50 bits per heavy atom. The number of nitriles is 1. The highest BCUT2D eigenvalue weighted by molar-refractivity contribution is 5.50. The lowest BCUT2D eigenvalue weighted by Crippen LogP contribution is -1.92. The number of nitrogens with two attached hydrogens (primary N) is 1. The highest BCUT2D eigenvalue weighted by Crippen LogP contribution is 2.08. The Kier molecular flexibility index (Phi) is 2.51. The van der Waals surface area contributed by atoms with Crippen molar-refractivity contribution in [2.24, 2.45) is 7.05 Å². The number of nitrogen functional groups attached to an aromatic ring is 1. The average molecular weight is 137 g/mol. The molecule has 3 heteroatoms. The largest absolute Gasteiger partial charge is 0.396 e. The first-order valence-corrected chi connectivity index (χ1v) is 2.56. The summed E-state index contributed by atoms with van der Waals surface area (Å²) in [6.45, 7) is 0. The minimum absolute atomic E-state index is 0. The van der Waals surface area contributed by atoms with Crippen LogP contribution in [-0.2, 0) is 7.05 Å². The molecule has 0 bridgehead atoms. The van der Waals surface area contributed by atoms with Crippen LogP contribution in [0.2, 0.25) is 0 Å². The lowest BCUT2D eigenvalue weighted by molar-refractivity contribution is 0.909. The van der Waals surface area contributed by atoms with Gasteiger partial charge in [0, 0.05) is 13.2 Å². The molecular weight excluding hydrogens is 126 g/mol. The van der Waals surface area contributed by atoms with Crippen LogP contribution in [0.4, 0.5) is 5.69 Å². The van der Waals surface area contributed by atoms with Crippen molar-refractivity contribution in [2.75, 3.05) is 5.73 Å². The second-order valence-electron chi connectivity index (χ2n) is 1.84. The Morgan fingerprint density at radius 2 is 2.30 bits per heavy atom. The van der Waals surface area contributed by atoms with Gasteiger partial charge in [-0.15, -0.1) is 0 Å². The minimum Gasteiger partial charge on any atom is -0.396 e. The van der Waals surface area contributed by atoms with Crippen molar-refractivity contribution in [3.63, 3.8) is 0 Å². The van der Waals surface area contributed by atoms with Gasteiger partial charge in [-0.1, -0.05) is 7.43 Å². The highest BCUT2D eigenvalue weighted by atomic mass is 14.9. The first-order chi connectivity index (χ1) is 4.25. The smallest absolute Gasteiger partial charge is 0.143 e. The van der Waals surface area contributed by atoms with Gasteiger partial charge in [0.15, 0.2) is 0 Å². The van der Waals surface area contributed by atoms with E-state index >= 15 is 0 Å². The van der Waals surface area contributed by atoms with Gasteiger partial charge in [0.2, 0.25) is 0 Å². The maximum absolute atomic E-state index is 8.44. The summed E-state index contributed by atoms with van der Waals surface area (Å²) in [4.78, 5) is 0. The summed E-state index contributed by atoms with van der Waals surface area (Å²) in [7, 11) is 1.79. The zero-order chi connectivity index (χ0) is 6.85. The first-order valence-electron chi connectivity index (χ1n) is 2.56. The number of aryl methyl sites for hydroxylation is 1. The predicted molar refractivity (Wildman–Crippen MR) is 41.3 cm³/mol. The average Bonchev–Trinajstić information content (AvgIpc) is 2.12. The number of anilines is 1. The Bertz CT molecular complexity index is 235. The van der Waals surface area contributed by atoms with E-state index in [0.717, 1.165) is 0 Å². The van der Waals surface area contributed by atoms with Crippen molar-refractivity contribution in [1.29, 1.82) is 5.26 Å². The molecule has 0 aliphatic rings. The van der Waals surface area contributed by atoms with Gasteiger partial charge in [0.1, 0.15) is 11.8 Å². The summed E-state index contributed by atoms with van der Waals surface area (Å²) < 4.78 is 1.69. The predicted octanol–water partition coefficient (Wildman–Crippen LogP) is 1.12. The van der Waals surface area contributed by atoms with E-state index < -0.39 is 0 Å². The van der Waals surface area contributed by atoms with Gasteiger partial charge in [0.25, 0.3) is 0 Å². The van der Waals surface area contributed by atoms with Crippen LogP contribution in [-0.4, -0.2) is 4.57 Å². The molecule has 0 saturated heterocycles. The van der Waals surface area contributed by atoms with Gasteiger partial charge in [-0.05, 0) is 6.07 Å². The van der Waals surface area contributed by atoms with Crippen LogP contribution in [0.3, 0.4) is 0 Å². The second-order valence-corrected chi connectivity index (χ2v) is 1.84. The molecule has 0 spiro atoms. The van der Waals surface area contributed by atoms with Crippen molar-refractivity contribution >= 4 is 5.69 Å². The Balaban J connectivity index is 0.000000810. The summed E-state index contributed by atoms with van der Waals surface area (Å²) in [5.41, 5.74) is 6.47. The molecule has 0 fully saturated rings. The molecule has 54 valence electrons. The second kappa shape index (κ2) is 2.92. The molecule has 1 aromatic heterocycles. The Morgan fingerprint density at radius 1 is 1.70 bits per heavy atom. The fraction of sp³-hybridized carbons (Fsp3) is 0.286. The van der Waals surface area contributed by atoms with E-state index in [1.807, 2.05) is 6.07 Å². The number of aromatic nitrogens is 1. The number of rotatable bonds is 0. The van der Waals surface area contributed by atoms with Crippen LogP contribution in [0.25, 0.3) is 0 Å². The van der Waals surface area contributed by atoms with Crippen LogP contribution in [0.1, 0.15) is 13.1 Å². The molecule has 10 heavy (non-hydrogen) atoms. The third kappa shape index (κ3) is 1.11. The molecule has 0 saturated carbocycles. The molecule has 0 atom stereocenters. The maximum atomic E-state index is 8.44.